The van der Waals surface area contributed by atoms with Crippen molar-refractivity contribution in [2.75, 3.05) is 6.26 Å². The molecule has 0 amide bonds. The molecule has 0 aliphatic rings. The zero-order valence-corrected chi connectivity index (χ0v) is 8.65. The van der Waals surface area contributed by atoms with Crippen molar-refractivity contribution in [3.05, 3.63) is 16.7 Å². The molecule has 0 fully saturated rings. The molecular weight excluding hydrogens is 240 g/mol. The third-order valence-corrected chi connectivity index (χ3v) is 2.55. The Morgan fingerprint density at radius 2 is 2.42 bits per heavy atom. The molecule has 2 rings (SSSR count). The molecule has 3 nitrogen and oxygen atoms in total. The highest BCUT2D eigenvalue weighted by molar-refractivity contribution is 9.10. The highest BCUT2D eigenvalue weighted by Gasteiger charge is 2.07. The average Bonchev–Trinajstić information content (AvgIpc) is 2.49. The largest absolute Gasteiger partial charge is 0.428 e. The lowest BCUT2D eigenvalue weighted by atomic mass is 10.5. The zero-order valence-electron chi connectivity index (χ0n) is 6.24. The van der Waals surface area contributed by atoms with Crippen LogP contribution >= 0.6 is 27.7 Å². The van der Waals surface area contributed by atoms with Gasteiger partial charge >= 0.3 is 0 Å². The van der Waals surface area contributed by atoms with Crippen LogP contribution in [0.1, 0.15) is 0 Å². The third-order valence-electron chi connectivity index (χ3n) is 1.40. The van der Waals surface area contributed by atoms with Crippen molar-refractivity contribution >= 4 is 38.9 Å². The van der Waals surface area contributed by atoms with Crippen molar-refractivity contribution in [3.8, 4) is 0 Å². The molecule has 5 heteroatoms. The quantitative estimate of drug-likeness (QED) is 0.724. The number of fused-ring (bicyclic) bond motifs is 1. The molecule has 0 unspecified atom stereocenters. The fourth-order valence-electron chi connectivity index (χ4n) is 0.872. The number of aromatic nitrogens is 2. The van der Waals surface area contributed by atoms with Crippen molar-refractivity contribution in [2.45, 2.75) is 5.22 Å². The predicted molar refractivity (Wildman–Crippen MR) is 51.3 cm³/mol. The summed E-state index contributed by atoms with van der Waals surface area (Å²) in [6, 6.07) is 1.83. The van der Waals surface area contributed by atoms with Crippen LogP contribution in [0.4, 0.5) is 0 Å². The van der Waals surface area contributed by atoms with E-state index in [1.54, 1.807) is 6.20 Å². The first-order valence-electron chi connectivity index (χ1n) is 3.26. The Kier molecular flexibility index (Phi) is 2.06. The van der Waals surface area contributed by atoms with Crippen LogP contribution in [0.2, 0.25) is 0 Å². The Morgan fingerprint density at radius 3 is 3.08 bits per heavy atom. The van der Waals surface area contributed by atoms with E-state index in [1.165, 1.54) is 11.8 Å². The molecule has 12 heavy (non-hydrogen) atoms. The van der Waals surface area contributed by atoms with Gasteiger partial charge < -0.3 is 4.42 Å². The number of rotatable bonds is 1. The first kappa shape index (κ1) is 8.07. The van der Waals surface area contributed by atoms with Gasteiger partial charge in [-0.15, -0.1) is 0 Å². The van der Waals surface area contributed by atoms with Gasteiger partial charge in [0.1, 0.15) is 0 Å². The van der Waals surface area contributed by atoms with Gasteiger partial charge in [-0.25, -0.2) is 4.98 Å². The van der Waals surface area contributed by atoms with Crippen LogP contribution in [0.5, 0.6) is 0 Å². The zero-order chi connectivity index (χ0) is 8.55. The molecule has 0 bridgehead atoms. The Hall–Kier alpha value is -0.550. The number of hydrogen-bond acceptors (Lipinski definition) is 4. The Morgan fingerprint density at radius 1 is 1.58 bits per heavy atom. The molecule has 0 saturated carbocycles. The highest BCUT2D eigenvalue weighted by atomic mass is 79.9. The maximum absolute atomic E-state index is 5.39. The summed E-state index contributed by atoms with van der Waals surface area (Å²) >= 11 is 4.82. The Balaban J connectivity index is 2.74. The van der Waals surface area contributed by atoms with Gasteiger partial charge in [0, 0.05) is 6.20 Å². The molecule has 0 spiro atoms. The fourth-order valence-corrected chi connectivity index (χ4v) is 1.59. The summed E-state index contributed by atoms with van der Waals surface area (Å²) in [5.74, 6) is 0. The Labute approximate surface area is 81.7 Å². The maximum atomic E-state index is 5.39. The van der Waals surface area contributed by atoms with Gasteiger partial charge in [-0.1, -0.05) is 11.8 Å². The van der Waals surface area contributed by atoms with Crippen LogP contribution in [-0.2, 0) is 0 Å². The minimum absolute atomic E-state index is 0.643. The van der Waals surface area contributed by atoms with Crippen molar-refractivity contribution < 1.29 is 4.42 Å². The van der Waals surface area contributed by atoms with Gasteiger partial charge in [0.15, 0.2) is 5.58 Å². The number of thioether (sulfide) groups is 1. The van der Waals surface area contributed by atoms with Crippen LogP contribution < -0.4 is 0 Å². The smallest absolute Gasteiger partial charge is 0.258 e. The SMILES string of the molecule is CSc1nc2nccc(Br)c2o1. The molecular formula is C7H5BrN2OS. The first-order valence-corrected chi connectivity index (χ1v) is 5.28. The van der Waals surface area contributed by atoms with Gasteiger partial charge in [-0.05, 0) is 28.3 Å². The minimum Gasteiger partial charge on any atom is -0.428 e. The lowest BCUT2D eigenvalue weighted by molar-refractivity contribution is 0.489. The molecule has 0 N–H and O–H groups in total. The van der Waals surface area contributed by atoms with Crippen molar-refractivity contribution in [1.82, 2.24) is 9.97 Å². The molecule has 2 aromatic heterocycles. The molecule has 0 radical (unpaired) electrons. The van der Waals surface area contributed by atoms with Crippen LogP contribution in [0.3, 0.4) is 0 Å². The molecule has 0 saturated heterocycles. The van der Waals surface area contributed by atoms with E-state index in [4.69, 9.17) is 4.42 Å². The summed E-state index contributed by atoms with van der Waals surface area (Å²) in [6.07, 6.45) is 3.61. The summed E-state index contributed by atoms with van der Waals surface area (Å²) < 4.78 is 6.28. The first-order chi connectivity index (χ1) is 5.81. The van der Waals surface area contributed by atoms with Gasteiger partial charge in [0.05, 0.1) is 4.47 Å². The summed E-state index contributed by atoms with van der Waals surface area (Å²) in [4.78, 5) is 8.21. The van der Waals surface area contributed by atoms with E-state index >= 15 is 0 Å². The fraction of sp³-hybridized carbons (Fsp3) is 0.143. The van der Waals surface area contributed by atoms with E-state index in [-0.39, 0.29) is 0 Å². The summed E-state index contributed by atoms with van der Waals surface area (Å²) in [5, 5.41) is 0.643. The van der Waals surface area contributed by atoms with Gasteiger partial charge in [0.25, 0.3) is 5.22 Å². The van der Waals surface area contributed by atoms with E-state index in [9.17, 15) is 0 Å². The molecule has 62 valence electrons. The van der Waals surface area contributed by atoms with Crippen LogP contribution in [0, 0.1) is 0 Å². The third kappa shape index (κ3) is 1.23. The standard InChI is InChI=1S/C7H5BrN2OS/c1-12-7-10-6-5(11-7)4(8)2-3-9-6/h2-3H,1H3. The highest BCUT2D eigenvalue weighted by Crippen LogP contribution is 2.25. The van der Waals surface area contributed by atoms with E-state index in [0.717, 1.165) is 4.47 Å². The number of halogens is 1. The van der Waals surface area contributed by atoms with Crippen molar-refractivity contribution in [3.63, 3.8) is 0 Å². The Bertz CT molecular complexity index is 415. The normalized spacial score (nSPS) is 10.8. The van der Waals surface area contributed by atoms with Gasteiger partial charge in [0.2, 0.25) is 5.65 Å². The van der Waals surface area contributed by atoms with E-state index in [0.29, 0.717) is 16.5 Å². The number of hydrogen-bond donors (Lipinski definition) is 0. The molecule has 0 aliphatic carbocycles. The number of pyridine rings is 1. The summed E-state index contributed by atoms with van der Waals surface area (Å²) in [7, 11) is 0. The lowest BCUT2D eigenvalue weighted by Gasteiger charge is -1.86. The molecule has 2 heterocycles. The minimum atomic E-state index is 0.643. The van der Waals surface area contributed by atoms with Crippen LogP contribution in [0.25, 0.3) is 11.2 Å². The van der Waals surface area contributed by atoms with Crippen molar-refractivity contribution in [2.24, 2.45) is 0 Å². The number of nitrogens with zero attached hydrogens (tertiary/aromatic N) is 2. The second-order valence-corrected chi connectivity index (χ2v) is 3.74. The predicted octanol–water partition coefficient (Wildman–Crippen LogP) is 2.71. The van der Waals surface area contributed by atoms with Crippen LogP contribution in [-0.4, -0.2) is 16.2 Å². The average molecular weight is 245 g/mol. The van der Waals surface area contributed by atoms with Gasteiger partial charge in [-0.3, -0.25) is 0 Å². The second-order valence-electron chi connectivity index (χ2n) is 2.13. The summed E-state index contributed by atoms with van der Waals surface area (Å²) in [5.41, 5.74) is 1.36. The monoisotopic (exact) mass is 244 g/mol. The van der Waals surface area contributed by atoms with E-state index in [1.807, 2.05) is 12.3 Å². The maximum Gasteiger partial charge on any atom is 0.258 e. The second kappa shape index (κ2) is 3.06. The topological polar surface area (TPSA) is 38.9 Å². The lowest BCUT2D eigenvalue weighted by Crippen LogP contribution is -1.74. The van der Waals surface area contributed by atoms with Gasteiger partial charge in [-0.2, -0.15) is 4.98 Å². The molecule has 2 aromatic rings. The van der Waals surface area contributed by atoms with Crippen molar-refractivity contribution in [1.29, 1.82) is 0 Å². The molecule has 0 aromatic carbocycles. The van der Waals surface area contributed by atoms with E-state index in [2.05, 4.69) is 25.9 Å². The summed E-state index contributed by atoms with van der Waals surface area (Å²) in [6.45, 7) is 0. The van der Waals surface area contributed by atoms with Crippen LogP contribution in [0.15, 0.2) is 26.4 Å². The molecule has 0 atom stereocenters. The molecule has 0 aliphatic heterocycles. The van der Waals surface area contributed by atoms with E-state index < -0.39 is 0 Å². The number of oxazole rings is 1.